The molecule has 1 unspecified atom stereocenters. The van der Waals surface area contributed by atoms with Gasteiger partial charge in [0, 0.05) is 11.9 Å². The van der Waals surface area contributed by atoms with Gasteiger partial charge in [0.2, 0.25) is 0 Å². The van der Waals surface area contributed by atoms with Crippen molar-refractivity contribution in [2.24, 2.45) is 0 Å². The first-order chi connectivity index (χ1) is 28.3. The minimum Gasteiger partial charge on any atom is -0.673 e. The number of allylic oxidation sites excluding steroid dienone is 2. The Hall–Kier alpha value is -7.29. The minimum atomic E-state index is -0.472. The number of hydrogen-bond acceptors (Lipinski definition) is 1. The van der Waals surface area contributed by atoms with Crippen LogP contribution in [0.25, 0.3) is 82.8 Å². The summed E-state index contributed by atoms with van der Waals surface area (Å²) in [5, 5.41) is 13.0. The quantitative estimate of drug-likeness (QED) is 0.163. The van der Waals surface area contributed by atoms with E-state index in [9.17, 15) is 0 Å². The first-order valence-corrected chi connectivity index (χ1v) is 19.8. The van der Waals surface area contributed by atoms with Crippen molar-refractivity contribution in [1.82, 2.24) is 4.98 Å². The molecule has 0 bridgehead atoms. The molecule has 1 aromatic heterocycles. The number of nitrogens with zero attached hydrogens (tertiary/aromatic N) is 2. The summed E-state index contributed by atoms with van der Waals surface area (Å²) in [6.07, 6.45) is 10.5. The SMILES string of the molecule is C1=Cc2cccnc2C2[N-]C(c3ccc(-c4ccc5c6c(ccc5c4)-c4c(c5ccccc5c5ccccc45)C64c5ccccc5-c5ccccc54)cc3)=CC=C12. The normalized spacial score (nSPS) is 16.3. The van der Waals surface area contributed by atoms with E-state index in [4.69, 9.17) is 10.3 Å². The van der Waals surface area contributed by atoms with Gasteiger partial charge in [0.05, 0.1) is 5.41 Å². The Morgan fingerprint density at radius 1 is 0.474 bits per heavy atom. The van der Waals surface area contributed by atoms with Gasteiger partial charge in [-0.2, -0.15) is 0 Å². The Bertz CT molecular complexity index is 3280. The summed E-state index contributed by atoms with van der Waals surface area (Å²) in [7, 11) is 0. The molecule has 2 heterocycles. The third-order valence-electron chi connectivity index (χ3n) is 13.0. The summed E-state index contributed by atoms with van der Waals surface area (Å²) in [6, 6.07) is 61.2. The molecule has 4 aliphatic rings. The summed E-state index contributed by atoms with van der Waals surface area (Å²) in [5.74, 6) is 0. The number of pyridine rings is 1. The monoisotopic (exact) mass is 721 g/mol. The second kappa shape index (κ2) is 11.4. The maximum atomic E-state index is 5.19. The van der Waals surface area contributed by atoms with Gasteiger partial charge in [-0.15, -0.1) is 5.70 Å². The Morgan fingerprint density at radius 3 is 1.93 bits per heavy atom. The zero-order valence-corrected chi connectivity index (χ0v) is 30.9. The lowest BCUT2D eigenvalue weighted by atomic mass is 9.68. The Labute approximate surface area is 330 Å². The number of hydrogen-bond donors (Lipinski definition) is 0. The molecule has 9 aromatic rings. The lowest BCUT2D eigenvalue weighted by Crippen LogP contribution is -2.26. The molecular weight excluding hydrogens is 689 g/mol. The van der Waals surface area contributed by atoms with Crippen molar-refractivity contribution < 1.29 is 0 Å². The standard InChI is InChI=1S/C55H33N2/c1-3-15-44-40(11-1)41-12-2-4-16-45(41)52-50(44)46-29-26-38-32-37(25-28-39(38)51(46)55(52)47-17-7-5-13-42(47)43-14-6-8-18-48(43)55)33-19-21-34(22-20-33)49-30-27-36-24-23-35-10-9-31-56-53(35)54(36)57-49/h1-32,54H/q-1. The van der Waals surface area contributed by atoms with Crippen molar-refractivity contribution in [1.29, 1.82) is 0 Å². The summed E-state index contributed by atoms with van der Waals surface area (Å²) in [6.45, 7) is 0. The van der Waals surface area contributed by atoms with Gasteiger partial charge < -0.3 is 5.32 Å². The van der Waals surface area contributed by atoms with E-state index in [0.29, 0.717) is 0 Å². The molecule has 57 heavy (non-hydrogen) atoms. The number of rotatable bonds is 2. The van der Waals surface area contributed by atoms with Crippen LogP contribution in [0.1, 0.15) is 45.1 Å². The smallest absolute Gasteiger partial charge is 0.0737 e. The Kier molecular flexibility index (Phi) is 6.18. The number of benzene rings is 8. The second-order valence-electron chi connectivity index (χ2n) is 15.7. The van der Waals surface area contributed by atoms with E-state index in [-0.39, 0.29) is 6.04 Å². The summed E-state index contributed by atoms with van der Waals surface area (Å²) in [4.78, 5) is 4.70. The second-order valence-corrected chi connectivity index (χ2v) is 15.7. The molecular formula is C55H33N2-. The Morgan fingerprint density at radius 2 is 1.14 bits per heavy atom. The van der Waals surface area contributed by atoms with E-state index in [0.717, 1.165) is 22.5 Å². The van der Waals surface area contributed by atoms with Crippen molar-refractivity contribution in [3.63, 3.8) is 0 Å². The molecule has 0 saturated heterocycles. The van der Waals surface area contributed by atoms with Crippen molar-refractivity contribution in [3.8, 4) is 33.4 Å². The average molecular weight is 722 g/mol. The molecule has 0 radical (unpaired) electrons. The zero-order chi connectivity index (χ0) is 37.2. The van der Waals surface area contributed by atoms with Gasteiger partial charge >= 0.3 is 0 Å². The molecule has 2 nitrogen and oxygen atoms in total. The predicted octanol–water partition coefficient (Wildman–Crippen LogP) is 14.0. The minimum absolute atomic E-state index is 0.0719. The van der Waals surface area contributed by atoms with Gasteiger partial charge in [0.1, 0.15) is 0 Å². The number of aromatic nitrogens is 1. The highest BCUT2D eigenvalue weighted by molar-refractivity contribution is 6.21. The van der Waals surface area contributed by atoms with Crippen LogP contribution >= 0.6 is 0 Å². The highest BCUT2D eigenvalue weighted by Crippen LogP contribution is 2.66. The van der Waals surface area contributed by atoms with Gasteiger partial charge in [0.15, 0.2) is 0 Å². The molecule has 1 spiro atoms. The van der Waals surface area contributed by atoms with Gasteiger partial charge in [-0.1, -0.05) is 182 Å². The van der Waals surface area contributed by atoms with Crippen LogP contribution in [0.5, 0.6) is 0 Å². The van der Waals surface area contributed by atoms with E-state index in [1.54, 1.807) is 0 Å². The van der Waals surface area contributed by atoms with Gasteiger partial charge in [-0.3, -0.25) is 4.98 Å². The molecule has 1 atom stereocenters. The van der Waals surface area contributed by atoms with Crippen molar-refractivity contribution in [2.75, 3.05) is 0 Å². The first kappa shape index (κ1) is 31.0. The molecule has 0 fully saturated rings. The highest BCUT2D eigenvalue weighted by Gasteiger charge is 2.53. The largest absolute Gasteiger partial charge is 0.673 e. The van der Waals surface area contributed by atoms with Crippen LogP contribution in [-0.4, -0.2) is 4.98 Å². The lowest BCUT2D eigenvalue weighted by Gasteiger charge is -2.41. The molecule has 13 rings (SSSR count). The van der Waals surface area contributed by atoms with Crippen LogP contribution in [0.4, 0.5) is 0 Å². The van der Waals surface area contributed by atoms with Crippen molar-refractivity contribution >= 4 is 44.1 Å². The summed E-state index contributed by atoms with van der Waals surface area (Å²) in [5.41, 5.74) is 18.2. The van der Waals surface area contributed by atoms with Gasteiger partial charge in [-0.05, 0) is 117 Å². The predicted molar refractivity (Wildman–Crippen MR) is 236 cm³/mol. The summed E-state index contributed by atoms with van der Waals surface area (Å²) >= 11 is 0. The van der Waals surface area contributed by atoms with E-state index in [1.807, 2.05) is 12.3 Å². The lowest BCUT2D eigenvalue weighted by molar-refractivity contribution is 0.809. The van der Waals surface area contributed by atoms with E-state index >= 15 is 0 Å². The molecule has 2 heteroatoms. The van der Waals surface area contributed by atoms with E-state index < -0.39 is 5.41 Å². The molecule has 8 aromatic carbocycles. The fourth-order valence-corrected chi connectivity index (χ4v) is 10.7. The van der Waals surface area contributed by atoms with Crippen molar-refractivity contribution in [2.45, 2.75) is 11.5 Å². The van der Waals surface area contributed by atoms with Crippen LogP contribution in [0.15, 0.2) is 194 Å². The molecule has 264 valence electrons. The van der Waals surface area contributed by atoms with E-state index in [1.165, 1.54) is 93.5 Å². The van der Waals surface area contributed by atoms with E-state index in [2.05, 4.69) is 182 Å². The maximum absolute atomic E-state index is 5.19. The van der Waals surface area contributed by atoms with Crippen LogP contribution in [-0.2, 0) is 5.41 Å². The van der Waals surface area contributed by atoms with Crippen LogP contribution in [0.3, 0.4) is 0 Å². The van der Waals surface area contributed by atoms with Gasteiger partial charge in [-0.25, -0.2) is 0 Å². The zero-order valence-electron chi connectivity index (χ0n) is 30.9. The van der Waals surface area contributed by atoms with Crippen LogP contribution in [0, 0.1) is 0 Å². The van der Waals surface area contributed by atoms with Crippen LogP contribution < -0.4 is 0 Å². The summed E-state index contributed by atoms with van der Waals surface area (Å²) < 4.78 is 0. The molecule has 0 amide bonds. The molecule has 1 aliphatic heterocycles. The Balaban J connectivity index is 0.994. The molecule has 0 N–H and O–H groups in total. The van der Waals surface area contributed by atoms with Crippen molar-refractivity contribution in [3.05, 3.63) is 238 Å². The number of fused-ring (bicyclic) bond motifs is 20. The first-order valence-electron chi connectivity index (χ1n) is 19.8. The van der Waals surface area contributed by atoms with Crippen LogP contribution in [0.2, 0.25) is 0 Å². The molecule has 0 saturated carbocycles. The maximum Gasteiger partial charge on any atom is 0.0737 e. The fraction of sp³-hybridized carbons (Fsp3) is 0.0364. The van der Waals surface area contributed by atoms with Gasteiger partial charge in [0.25, 0.3) is 0 Å². The third-order valence-corrected chi connectivity index (χ3v) is 13.0. The third kappa shape index (κ3) is 4.06. The average Bonchev–Trinajstić information content (AvgIpc) is 3.77. The molecule has 3 aliphatic carbocycles. The fourth-order valence-electron chi connectivity index (χ4n) is 10.7. The topological polar surface area (TPSA) is 27.0 Å². The highest BCUT2D eigenvalue weighted by atomic mass is 15.0.